The Morgan fingerprint density at radius 2 is 1.74 bits per heavy atom. The smallest absolute Gasteiger partial charge is 0.236 e. The van der Waals surface area contributed by atoms with Crippen LogP contribution in [0, 0.1) is 5.92 Å². The maximum atomic E-state index is 13.1. The van der Waals surface area contributed by atoms with E-state index in [1.165, 1.54) is 11.1 Å². The number of nitrogens with zero attached hydrogens (tertiary/aromatic N) is 3. The molecule has 0 saturated carbocycles. The molecular formula is C22H29N3OS. The van der Waals surface area contributed by atoms with E-state index in [0.717, 1.165) is 38.5 Å². The molecule has 0 radical (unpaired) electrons. The minimum atomic E-state index is 0.0232. The average molecular weight is 384 g/mol. The van der Waals surface area contributed by atoms with Gasteiger partial charge in [-0.05, 0) is 23.1 Å². The van der Waals surface area contributed by atoms with Crippen LogP contribution in [0.2, 0.25) is 0 Å². The zero-order valence-electron chi connectivity index (χ0n) is 16.3. The van der Waals surface area contributed by atoms with Crippen molar-refractivity contribution >= 4 is 17.7 Å². The Bertz CT molecular complexity index is 700. The number of hydrogen-bond acceptors (Lipinski definition) is 4. The molecule has 27 heavy (non-hydrogen) atoms. The summed E-state index contributed by atoms with van der Waals surface area (Å²) >= 11 is 1.77. The molecule has 0 N–H and O–H groups in total. The van der Waals surface area contributed by atoms with Gasteiger partial charge < -0.3 is 4.90 Å². The number of rotatable bonds is 7. The van der Waals surface area contributed by atoms with Gasteiger partial charge in [-0.3, -0.25) is 14.7 Å². The molecule has 0 spiro atoms. The largest absolute Gasteiger partial charge is 0.339 e. The van der Waals surface area contributed by atoms with Gasteiger partial charge in [0.15, 0.2) is 0 Å². The van der Waals surface area contributed by atoms with Gasteiger partial charge in [-0.15, -0.1) is 11.8 Å². The highest BCUT2D eigenvalue weighted by Gasteiger charge is 2.29. The van der Waals surface area contributed by atoms with Gasteiger partial charge in [0.2, 0.25) is 5.91 Å². The summed E-state index contributed by atoms with van der Waals surface area (Å²) in [6, 6.07) is 14.5. The van der Waals surface area contributed by atoms with Crippen molar-refractivity contribution in [3.8, 4) is 0 Å². The molecule has 1 fully saturated rings. The summed E-state index contributed by atoms with van der Waals surface area (Å²) < 4.78 is 0. The fourth-order valence-corrected chi connectivity index (χ4v) is 4.61. The van der Waals surface area contributed by atoms with Gasteiger partial charge in [0.1, 0.15) is 0 Å². The first-order chi connectivity index (χ1) is 13.1. The second-order valence-electron chi connectivity index (χ2n) is 7.42. The maximum Gasteiger partial charge on any atom is 0.236 e. The van der Waals surface area contributed by atoms with E-state index in [1.807, 2.05) is 18.3 Å². The van der Waals surface area contributed by atoms with Crippen LogP contribution in [0.3, 0.4) is 0 Å². The van der Waals surface area contributed by atoms with Gasteiger partial charge in [0.05, 0.1) is 5.25 Å². The van der Waals surface area contributed by atoms with Crippen LogP contribution in [0.15, 0.2) is 54.9 Å². The van der Waals surface area contributed by atoms with E-state index in [1.54, 1.807) is 18.0 Å². The summed E-state index contributed by atoms with van der Waals surface area (Å²) in [6.07, 6.45) is 3.73. The molecule has 1 unspecified atom stereocenters. The Labute approximate surface area is 167 Å². The lowest BCUT2D eigenvalue weighted by atomic mass is 10.1. The molecule has 1 amide bonds. The molecule has 2 heterocycles. The molecule has 4 nitrogen and oxygen atoms in total. The number of pyridine rings is 1. The van der Waals surface area contributed by atoms with Crippen LogP contribution in [-0.2, 0) is 17.1 Å². The van der Waals surface area contributed by atoms with Gasteiger partial charge in [0, 0.05) is 50.9 Å². The third-order valence-electron chi connectivity index (χ3n) is 4.93. The van der Waals surface area contributed by atoms with Gasteiger partial charge in [-0.25, -0.2) is 0 Å². The number of thioether (sulfide) groups is 1. The maximum absolute atomic E-state index is 13.1. The van der Waals surface area contributed by atoms with Crippen molar-refractivity contribution in [2.45, 2.75) is 31.4 Å². The minimum absolute atomic E-state index is 0.0232. The summed E-state index contributed by atoms with van der Waals surface area (Å²) in [5.74, 6) is 1.52. The van der Waals surface area contributed by atoms with Crippen LogP contribution >= 0.6 is 11.8 Å². The van der Waals surface area contributed by atoms with Crippen molar-refractivity contribution in [2.75, 3.05) is 26.2 Å². The van der Waals surface area contributed by atoms with Crippen molar-refractivity contribution in [3.05, 3.63) is 66.0 Å². The molecule has 1 aliphatic rings. The standard InChI is InChI=1S/C22H29N3OS/c1-18(2)21(27-17-19-7-4-3-5-8-19)22(26)25-13-11-24(12-14-25)16-20-9-6-10-23-15-20/h3-10,15,18,21H,11-14,16-17H2,1-2H3. The molecule has 144 valence electrons. The van der Waals surface area contributed by atoms with Crippen molar-refractivity contribution in [3.63, 3.8) is 0 Å². The first-order valence-corrected chi connectivity index (χ1v) is 10.7. The third kappa shape index (κ3) is 5.81. The molecule has 2 aromatic rings. The highest BCUT2D eigenvalue weighted by molar-refractivity contribution is 7.99. The lowest BCUT2D eigenvalue weighted by molar-refractivity contribution is -0.133. The molecule has 5 heteroatoms. The summed E-state index contributed by atoms with van der Waals surface area (Å²) in [6.45, 7) is 8.69. The van der Waals surface area contributed by atoms with Crippen LogP contribution in [0.5, 0.6) is 0 Å². The van der Waals surface area contributed by atoms with E-state index >= 15 is 0 Å². The van der Waals surface area contributed by atoms with E-state index in [-0.39, 0.29) is 5.25 Å². The molecule has 0 bridgehead atoms. The number of amides is 1. The number of carbonyl (C=O) groups is 1. The Balaban J connectivity index is 1.51. The predicted molar refractivity (Wildman–Crippen MR) is 112 cm³/mol. The van der Waals surface area contributed by atoms with Gasteiger partial charge in [-0.1, -0.05) is 50.2 Å². The van der Waals surface area contributed by atoms with E-state index in [4.69, 9.17) is 0 Å². The first kappa shape index (κ1) is 19.9. The van der Waals surface area contributed by atoms with Crippen LogP contribution < -0.4 is 0 Å². The zero-order chi connectivity index (χ0) is 19.1. The van der Waals surface area contributed by atoms with Gasteiger partial charge >= 0.3 is 0 Å². The lowest BCUT2D eigenvalue weighted by Gasteiger charge is -2.37. The number of aromatic nitrogens is 1. The summed E-state index contributed by atoms with van der Waals surface area (Å²) in [5.41, 5.74) is 2.51. The van der Waals surface area contributed by atoms with Crippen LogP contribution in [0.1, 0.15) is 25.0 Å². The molecule has 1 aromatic carbocycles. The van der Waals surface area contributed by atoms with E-state index < -0.39 is 0 Å². The van der Waals surface area contributed by atoms with Crippen LogP contribution in [-0.4, -0.2) is 52.1 Å². The minimum Gasteiger partial charge on any atom is -0.339 e. The number of hydrogen-bond donors (Lipinski definition) is 0. The fourth-order valence-electron chi connectivity index (χ4n) is 3.37. The van der Waals surface area contributed by atoms with E-state index in [2.05, 4.69) is 59.0 Å². The second-order valence-corrected chi connectivity index (χ2v) is 8.55. The Kier molecular flexibility index (Phi) is 7.30. The number of carbonyl (C=O) groups excluding carboxylic acids is 1. The Morgan fingerprint density at radius 3 is 2.37 bits per heavy atom. The average Bonchev–Trinajstić information content (AvgIpc) is 2.70. The summed E-state index contributed by atoms with van der Waals surface area (Å²) in [5, 5.41) is 0.0232. The van der Waals surface area contributed by atoms with E-state index in [0.29, 0.717) is 11.8 Å². The second kappa shape index (κ2) is 9.90. The topological polar surface area (TPSA) is 36.4 Å². The molecule has 0 aliphatic carbocycles. The van der Waals surface area contributed by atoms with Crippen molar-refractivity contribution in [1.82, 2.24) is 14.8 Å². The zero-order valence-corrected chi connectivity index (χ0v) is 17.1. The quantitative estimate of drug-likeness (QED) is 0.731. The molecule has 1 aliphatic heterocycles. The number of piperazine rings is 1. The lowest BCUT2D eigenvalue weighted by Crippen LogP contribution is -2.51. The normalized spacial score (nSPS) is 16.5. The molecule has 1 atom stereocenters. The highest BCUT2D eigenvalue weighted by atomic mass is 32.2. The van der Waals surface area contributed by atoms with Crippen LogP contribution in [0.25, 0.3) is 0 Å². The van der Waals surface area contributed by atoms with Crippen molar-refractivity contribution < 1.29 is 4.79 Å². The fraction of sp³-hybridized carbons (Fsp3) is 0.455. The molecule has 1 aromatic heterocycles. The Hall–Kier alpha value is -1.85. The molecule has 3 rings (SSSR count). The van der Waals surface area contributed by atoms with Crippen LogP contribution in [0.4, 0.5) is 0 Å². The van der Waals surface area contributed by atoms with Gasteiger partial charge in [-0.2, -0.15) is 0 Å². The SMILES string of the molecule is CC(C)C(SCc1ccccc1)C(=O)N1CCN(Cc2cccnc2)CC1. The predicted octanol–water partition coefficient (Wildman–Crippen LogP) is 3.68. The summed E-state index contributed by atoms with van der Waals surface area (Å²) in [4.78, 5) is 21.8. The highest BCUT2D eigenvalue weighted by Crippen LogP contribution is 2.26. The van der Waals surface area contributed by atoms with Crippen molar-refractivity contribution in [2.24, 2.45) is 5.92 Å². The third-order valence-corrected chi connectivity index (χ3v) is 6.54. The number of benzene rings is 1. The Morgan fingerprint density at radius 1 is 1.04 bits per heavy atom. The van der Waals surface area contributed by atoms with Crippen molar-refractivity contribution in [1.29, 1.82) is 0 Å². The van der Waals surface area contributed by atoms with E-state index in [9.17, 15) is 4.79 Å². The first-order valence-electron chi connectivity index (χ1n) is 9.69. The monoisotopic (exact) mass is 383 g/mol. The molecule has 1 saturated heterocycles. The summed E-state index contributed by atoms with van der Waals surface area (Å²) in [7, 11) is 0. The van der Waals surface area contributed by atoms with Gasteiger partial charge in [0.25, 0.3) is 0 Å². The molecular weight excluding hydrogens is 354 g/mol.